The summed E-state index contributed by atoms with van der Waals surface area (Å²) in [5, 5.41) is 2.26. The number of para-hydroxylation sites is 3. The molecular formula is C53H57N4OPt-3. The predicted octanol–water partition coefficient (Wildman–Crippen LogP) is 14.0. The number of hydrogen-bond donors (Lipinski definition) is 0. The van der Waals surface area contributed by atoms with Crippen molar-refractivity contribution in [2.75, 3.05) is 9.80 Å². The molecule has 0 fully saturated rings. The topological polar surface area (TPSA) is 33.5 Å². The summed E-state index contributed by atoms with van der Waals surface area (Å²) in [6, 6.07) is 44.6. The summed E-state index contributed by atoms with van der Waals surface area (Å²) in [6.07, 6.45) is 1.91. The first-order valence-electron chi connectivity index (χ1n) is 20.6. The van der Waals surface area contributed by atoms with Gasteiger partial charge in [0.25, 0.3) is 0 Å². The largest absolute Gasteiger partial charge is 0.509 e. The molecule has 3 heterocycles. The van der Waals surface area contributed by atoms with E-state index >= 15 is 0 Å². The summed E-state index contributed by atoms with van der Waals surface area (Å²) < 4.78 is 9.12. The Morgan fingerprint density at radius 1 is 0.610 bits per heavy atom. The maximum atomic E-state index is 6.91. The van der Waals surface area contributed by atoms with Crippen molar-refractivity contribution in [2.45, 2.75) is 111 Å². The van der Waals surface area contributed by atoms with Gasteiger partial charge in [0.05, 0.1) is 0 Å². The maximum Gasteiger partial charge on any atom is 0.135 e. The monoisotopic (exact) mass is 960 g/mol. The first kappa shape index (κ1) is 42.3. The Labute approximate surface area is 366 Å². The normalized spacial score (nSPS) is 13.6. The minimum Gasteiger partial charge on any atom is -0.509 e. The van der Waals surface area contributed by atoms with Gasteiger partial charge in [0.15, 0.2) is 0 Å². The van der Waals surface area contributed by atoms with Crippen LogP contribution in [0.5, 0.6) is 11.5 Å². The van der Waals surface area contributed by atoms with Gasteiger partial charge in [0.2, 0.25) is 0 Å². The summed E-state index contributed by atoms with van der Waals surface area (Å²) >= 11 is 0. The van der Waals surface area contributed by atoms with Crippen LogP contribution >= 0.6 is 0 Å². The number of benzene rings is 5. The Morgan fingerprint density at radius 3 is 1.92 bits per heavy atom. The molecule has 0 N–H and O–H groups in total. The molecule has 0 aliphatic carbocycles. The molecule has 7 aromatic rings. The quantitative estimate of drug-likeness (QED) is 0.156. The molecule has 0 spiro atoms. The smallest absolute Gasteiger partial charge is 0.135 e. The number of pyridine rings is 1. The summed E-state index contributed by atoms with van der Waals surface area (Å²) in [6.45, 7) is 30.1. The van der Waals surface area contributed by atoms with E-state index in [2.05, 4.69) is 213 Å². The molecule has 1 aliphatic rings. The van der Waals surface area contributed by atoms with Gasteiger partial charge < -0.3 is 19.1 Å². The standard InChI is InChI=1S/C53H57N4O.Pt/c1-50(2,3)36-25-26-54-49(30-36)57-44-18-14-13-17-41(44)42-23-22-40(32-47(42)57)58-48-31-39(21-24-43(48)53(10,11)12)56-34-55(45-19-15-16-20-46(45)56)33-35-27-37(51(4,5)6)29-38(28-35)52(7,8)9;/h13-30,34H,33H2,1-12H3;/q-3;. The molecule has 0 unspecified atom stereocenters. The van der Waals surface area contributed by atoms with Crippen LogP contribution < -0.4 is 14.5 Å². The Bertz CT molecular complexity index is 2630. The Morgan fingerprint density at radius 2 is 1.25 bits per heavy atom. The third kappa shape index (κ3) is 8.33. The summed E-state index contributed by atoms with van der Waals surface area (Å²) in [5.41, 5.74) is 11.4. The van der Waals surface area contributed by atoms with Gasteiger partial charge in [-0.3, -0.25) is 0 Å². The SMILES string of the molecule is CC(C)(C)c1cc(CN2[CH-]N(c3[c-]c(Oc4[c-]c5c(cc4)c4ccccc4n5-c4cc(C(C)(C)C)ccn4)c(C(C)(C)C)cc3)c3ccccc32)cc(C(C)(C)C)c1.[Pt]. The van der Waals surface area contributed by atoms with Gasteiger partial charge >= 0.3 is 0 Å². The molecule has 5 aromatic carbocycles. The fraction of sp³-hybridized carbons (Fsp3) is 0.321. The molecule has 0 amide bonds. The van der Waals surface area contributed by atoms with Crippen LogP contribution in [-0.4, -0.2) is 9.55 Å². The third-order valence-corrected chi connectivity index (χ3v) is 11.4. The number of fused-ring (bicyclic) bond motifs is 4. The van der Waals surface area contributed by atoms with Crippen LogP contribution in [0.3, 0.4) is 0 Å². The average Bonchev–Trinajstić information content (AvgIpc) is 3.68. The van der Waals surface area contributed by atoms with Gasteiger partial charge in [0, 0.05) is 62.2 Å². The van der Waals surface area contributed by atoms with E-state index < -0.39 is 0 Å². The second kappa shape index (κ2) is 15.3. The summed E-state index contributed by atoms with van der Waals surface area (Å²) in [7, 11) is 0. The minimum atomic E-state index is -0.192. The molecule has 8 rings (SSSR count). The van der Waals surface area contributed by atoms with E-state index in [4.69, 9.17) is 9.72 Å². The van der Waals surface area contributed by atoms with E-state index in [1.54, 1.807) is 0 Å². The first-order chi connectivity index (χ1) is 27.3. The fourth-order valence-electron chi connectivity index (χ4n) is 7.90. The molecule has 0 saturated carbocycles. The molecule has 2 aromatic heterocycles. The van der Waals surface area contributed by atoms with Gasteiger partial charge in [-0.15, -0.1) is 40.9 Å². The molecule has 0 radical (unpaired) electrons. The molecule has 6 heteroatoms. The van der Waals surface area contributed by atoms with Crippen LogP contribution in [0, 0.1) is 18.8 Å². The van der Waals surface area contributed by atoms with Crippen molar-refractivity contribution in [3.05, 3.63) is 156 Å². The molecule has 308 valence electrons. The zero-order valence-electron chi connectivity index (χ0n) is 36.7. The van der Waals surface area contributed by atoms with Crippen LogP contribution in [0.15, 0.2) is 109 Å². The Hall–Kier alpha value is -4.86. The zero-order chi connectivity index (χ0) is 41.4. The van der Waals surface area contributed by atoms with Crippen molar-refractivity contribution >= 4 is 38.9 Å². The zero-order valence-corrected chi connectivity index (χ0v) is 39.0. The third-order valence-electron chi connectivity index (χ3n) is 11.4. The van der Waals surface area contributed by atoms with Crippen LogP contribution in [0.25, 0.3) is 27.6 Å². The molecule has 5 nitrogen and oxygen atoms in total. The van der Waals surface area contributed by atoms with E-state index in [0.717, 1.165) is 56.8 Å². The van der Waals surface area contributed by atoms with Gasteiger partial charge in [-0.2, -0.15) is 18.8 Å². The van der Waals surface area contributed by atoms with Crippen molar-refractivity contribution in [3.63, 3.8) is 0 Å². The van der Waals surface area contributed by atoms with E-state index in [9.17, 15) is 0 Å². The minimum absolute atomic E-state index is 0. The Balaban J connectivity index is 0.00000528. The van der Waals surface area contributed by atoms with Crippen molar-refractivity contribution in [3.8, 4) is 17.3 Å². The van der Waals surface area contributed by atoms with E-state index in [1.165, 1.54) is 22.3 Å². The van der Waals surface area contributed by atoms with Gasteiger partial charge in [-0.1, -0.05) is 143 Å². The first-order valence-corrected chi connectivity index (χ1v) is 20.6. The van der Waals surface area contributed by atoms with Crippen LogP contribution in [0.1, 0.15) is 111 Å². The van der Waals surface area contributed by atoms with Crippen LogP contribution in [0.2, 0.25) is 0 Å². The molecule has 0 saturated heterocycles. The van der Waals surface area contributed by atoms with E-state index in [1.807, 2.05) is 12.3 Å². The Kier molecular flexibility index (Phi) is 11.0. The van der Waals surface area contributed by atoms with Gasteiger partial charge in [-0.25, -0.2) is 4.98 Å². The second-order valence-electron chi connectivity index (χ2n) is 20.0. The van der Waals surface area contributed by atoms with Crippen molar-refractivity contribution in [2.24, 2.45) is 0 Å². The van der Waals surface area contributed by atoms with Gasteiger partial charge in [0.1, 0.15) is 5.82 Å². The maximum absolute atomic E-state index is 6.91. The molecule has 59 heavy (non-hydrogen) atoms. The molecule has 0 atom stereocenters. The van der Waals surface area contributed by atoms with Crippen molar-refractivity contribution < 1.29 is 25.8 Å². The van der Waals surface area contributed by atoms with Crippen LogP contribution in [0.4, 0.5) is 17.1 Å². The fourth-order valence-corrected chi connectivity index (χ4v) is 7.90. The number of nitrogens with zero attached hydrogens (tertiary/aromatic N) is 4. The molecular weight excluding hydrogens is 904 g/mol. The number of ether oxygens (including phenoxy) is 1. The number of hydrogen-bond acceptors (Lipinski definition) is 4. The van der Waals surface area contributed by atoms with Crippen molar-refractivity contribution in [1.29, 1.82) is 0 Å². The van der Waals surface area contributed by atoms with E-state index in [0.29, 0.717) is 11.5 Å². The molecule has 0 bridgehead atoms. The summed E-state index contributed by atoms with van der Waals surface area (Å²) in [4.78, 5) is 9.48. The van der Waals surface area contributed by atoms with Crippen molar-refractivity contribution in [1.82, 2.24) is 9.55 Å². The summed E-state index contributed by atoms with van der Waals surface area (Å²) in [5.74, 6) is 2.18. The molecule has 1 aliphatic heterocycles. The second-order valence-corrected chi connectivity index (χ2v) is 20.0. The number of aromatic nitrogens is 2. The van der Waals surface area contributed by atoms with Crippen LogP contribution in [-0.2, 0) is 49.3 Å². The van der Waals surface area contributed by atoms with Gasteiger partial charge in [-0.05, 0) is 74.2 Å². The average molecular weight is 961 g/mol. The predicted molar refractivity (Wildman–Crippen MR) is 243 cm³/mol. The number of anilines is 3. The number of rotatable bonds is 6. The van der Waals surface area contributed by atoms with E-state index in [-0.39, 0.29) is 42.7 Å².